The van der Waals surface area contributed by atoms with E-state index in [0.29, 0.717) is 6.54 Å². The summed E-state index contributed by atoms with van der Waals surface area (Å²) in [6.07, 6.45) is 2.87. The van der Waals surface area contributed by atoms with Gasteiger partial charge in [0, 0.05) is 37.9 Å². The summed E-state index contributed by atoms with van der Waals surface area (Å²) in [5.41, 5.74) is 1.15. The van der Waals surface area contributed by atoms with E-state index in [4.69, 9.17) is 0 Å². The second kappa shape index (κ2) is 6.35. The van der Waals surface area contributed by atoms with Gasteiger partial charge in [0.05, 0.1) is 6.54 Å². The Morgan fingerprint density at radius 3 is 3.22 bits per heavy atom. The molecule has 5 nitrogen and oxygen atoms in total. The number of pyridine rings is 1. The van der Waals surface area contributed by atoms with Gasteiger partial charge in [-0.25, -0.2) is 4.98 Å². The van der Waals surface area contributed by atoms with Crippen LogP contribution in [0.1, 0.15) is 18.9 Å². The van der Waals surface area contributed by atoms with Crippen molar-refractivity contribution in [3.05, 3.63) is 23.9 Å². The molecule has 0 bridgehead atoms. The fraction of sp³-hybridized carbons (Fsp3) is 0.538. The Bertz CT molecular complexity index is 408. The molecule has 0 aromatic carbocycles. The molecule has 1 aliphatic heterocycles. The lowest BCUT2D eigenvalue weighted by molar-refractivity contribution is -0.124. The van der Waals surface area contributed by atoms with E-state index in [2.05, 4.69) is 33.5 Å². The van der Waals surface area contributed by atoms with Crippen molar-refractivity contribution in [2.45, 2.75) is 19.9 Å². The van der Waals surface area contributed by atoms with Gasteiger partial charge in [-0.2, -0.15) is 0 Å². The van der Waals surface area contributed by atoms with Crippen LogP contribution in [0, 0.1) is 0 Å². The van der Waals surface area contributed by atoms with Gasteiger partial charge in [-0.3, -0.25) is 9.69 Å². The molecule has 1 aliphatic rings. The lowest BCUT2D eigenvalue weighted by Gasteiger charge is -2.27. The van der Waals surface area contributed by atoms with Gasteiger partial charge in [0.1, 0.15) is 5.82 Å². The Balaban J connectivity index is 2.01. The summed E-state index contributed by atoms with van der Waals surface area (Å²) in [7, 11) is 0. The molecule has 0 spiro atoms. The maximum absolute atomic E-state index is 11.3. The van der Waals surface area contributed by atoms with E-state index in [9.17, 15) is 4.79 Å². The monoisotopic (exact) mass is 248 g/mol. The first-order chi connectivity index (χ1) is 8.79. The standard InChI is InChI=1S/C13H20N4O/c1-2-5-15-13-11(4-3-6-16-13)9-17-8-7-14-12(18)10-17/h3-4,6H,2,5,7-10H2,1H3,(H,14,18)(H,15,16). The zero-order valence-electron chi connectivity index (χ0n) is 10.8. The van der Waals surface area contributed by atoms with Crippen molar-refractivity contribution in [3.63, 3.8) is 0 Å². The van der Waals surface area contributed by atoms with Crippen molar-refractivity contribution in [1.82, 2.24) is 15.2 Å². The number of hydrogen-bond acceptors (Lipinski definition) is 4. The average molecular weight is 248 g/mol. The van der Waals surface area contributed by atoms with Crippen LogP contribution < -0.4 is 10.6 Å². The smallest absolute Gasteiger partial charge is 0.234 e. The maximum Gasteiger partial charge on any atom is 0.234 e. The second-order valence-corrected chi connectivity index (χ2v) is 4.50. The van der Waals surface area contributed by atoms with Crippen LogP contribution in [-0.2, 0) is 11.3 Å². The third kappa shape index (κ3) is 3.43. The highest BCUT2D eigenvalue weighted by Gasteiger charge is 2.17. The molecule has 0 saturated carbocycles. The molecule has 0 aliphatic carbocycles. The molecule has 2 rings (SSSR count). The Morgan fingerprint density at radius 2 is 2.44 bits per heavy atom. The predicted molar refractivity (Wildman–Crippen MR) is 71.3 cm³/mol. The molecule has 0 atom stereocenters. The molecule has 1 amide bonds. The van der Waals surface area contributed by atoms with Gasteiger partial charge < -0.3 is 10.6 Å². The Labute approximate surface area is 108 Å². The van der Waals surface area contributed by atoms with Gasteiger partial charge in [0.25, 0.3) is 0 Å². The number of nitrogens with zero attached hydrogens (tertiary/aromatic N) is 2. The van der Waals surface area contributed by atoms with Crippen LogP contribution in [0.25, 0.3) is 0 Å². The van der Waals surface area contributed by atoms with Crippen molar-refractivity contribution < 1.29 is 4.79 Å². The summed E-state index contributed by atoms with van der Waals surface area (Å²) in [5.74, 6) is 1.04. The third-order valence-corrected chi connectivity index (χ3v) is 2.95. The van der Waals surface area contributed by atoms with Crippen molar-refractivity contribution >= 4 is 11.7 Å². The molecule has 1 saturated heterocycles. The van der Waals surface area contributed by atoms with Gasteiger partial charge >= 0.3 is 0 Å². The van der Waals surface area contributed by atoms with Gasteiger partial charge in [0.15, 0.2) is 0 Å². The normalized spacial score (nSPS) is 16.4. The SMILES string of the molecule is CCCNc1ncccc1CN1CCNC(=O)C1. The van der Waals surface area contributed by atoms with E-state index in [0.717, 1.165) is 44.0 Å². The molecule has 1 aromatic heterocycles. The summed E-state index contributed by atoms with van der Waals surface area (Å²) >= 11 is 0. The summed E-state index contributed by atoms with van der Waals surface area (Å²) in [6.45, 7) is 5.93. The number of anilines is 1. The lowest BCUT2D eigenvalue weighted by atomic mass is 10.2. The van der Waals surface area contributed by atoms with Crippen molar-refractivity contribution in [3.8, 4) is 0 Å². The molecule has 2 heterocycles. The minimum atomic E-state index is 0.105. The fourth-order valence-corrected chi connectivity index (χ4v) is 2.04. The molecule has 1 aromatic rings. The Morgan fingerprint density at radius 1 is 1.56 bits per heavy atom. The molecule has 1 fully saturated rings. The van der Waals surface area contributed by atoms with Crippen LogP contribution in [0.4, 0.5) is 5.82 Å². The third-order valence-electron chi connectivity index (χ3n) is 2.95. The minimum Gasteiger partial charge on any atom is -0.370 e. The molecule has 5 heteroatoms. The molecule has 2 N–H and O–H groups in total. The number of hydrogen-bond donors (Lipinski definition) is 2. The molecule has 0 radical (unpaired) electrons. The molecule has 98 valence electrons. The van der Waals surface area contributed by atoms with E-state index in [1.54, 1.807) is 6.20 Å². The van der Waals surface area contributed by atoms with E-state index in [1.165, 1.54) is 0 Å². The largest absolute Gasteiger partial charge is 0.370 e. The highest BCUT2D eigenvalue weighted by molar-refractivity contribution is 5.78. The van der Waals surface area contributed by atoms with Gasteiger partial charge in [-0.1, -0.05) is 13.0 Å². The van der Waals surface area contributed by atoms with Gasteiger partial charge in [-0.15, -0.1) is 0 Å². The van der Waals surface area contributed by atoms with Crippen molar-refractivity contribution in [1.29, 1.82) is 0 Å². The number of piperazine rings is 1. The summed E-state index contributed by atoms with van der Waals surface area (Å²) < 4.78 is 0. The lowest BCUT2D eigenvalue weighted by Crippen LogP contribution is -2.47. The average Bonchev–Trinajstić information content (AvgIpc) is 2.38. The van der Waals surface area contributed by atoms with Gasteiger partial charge in [0.2, 0.25) is 5.91 Å². The number of carbonyl (C=O) groups excluding carboxylic acids is 1. The van der Waals surface area contributed by atoms with Crippen LogP contribution in [0.2, 0.25) is 0 Å². The summed E-state index contributed by atoms with van der Waals surface area (Å²) in [5, 5.41) is 6.16. The quantitative estimate of drug-likeness (QED) is 0.810. The number of carbonyl (C=O) groups is 1. The fourth-order valence-electron chi connectivity index (χ4n) is 2.04. The first-order valence-electron chi connectivity index (χ1n) is 6.46. The first kappa shape index (κ1) is 12.8. The van der Waals surface area contributed by atoms with Crippen LogP contribution in [0.15, 0.2) is 18.3 Å². The number of amides is 1. The Hall–Kier alpha value is -1.62. The number of nitrogens with one attached hydrogen (secondary N) is 2. The topological polar surface area (TPSA) is 57.3 Å². The first-order valence-corrected chi connectivity index (χ1v) is 6.46. The maximum atomic E-state index is 11.3. The van der Waals surface area contributed by atoms with Crippen LogP contribution in [-0.4, -0.2) is 42.0 Å². The van der Waals surface area contributed by atoms with E-state index < -0.39 is 0 Å². The van der Waals surface area contributed by atoms with Crippen LogP contribution in [0.3, 0.4) is 0 Å². The summed E-state index contributed by atoms with van der Waals surface area (Å²) in [4.78, 5) is 17.8. The van der Waals surface area contributed by atoms with E-state index in [-0.39, 0.29) is 5.91 Å². The number of rotatable bonds is 5. The van der Waals surface area contributed by atoms with E-state index in [1.807, 2.05) is 6.07 Å². The highest BCUT2D eigenvalue weighted by atomic mass is 16.2. The van der Waals surface area contributed by atoms with Gasteiger partial charge in [-0.05, 0) is 12.5 Å². The molecule has 0 unspecified atom stereocenters. The molecular weight excluding hydrogens is 228 g/mol. The summed E-state index contributed by atoms with van der Waals surface area (Å²) in [6, 6.07) is 4.01. The molecule has 18 heavy (non-hydrogen) atoms. The van der Waals surface area contributed by atoms with E-state index >= 15 is 0 Å². The molecular formula is C13H20N4O. The highest BCUT2D eigenvalue weighted by Crippen LogP contribution is 2.14. The van der Waals surface area contributed by atoms with Crippen molar-refractivity contribution in [2.24, 2.45) is 0 Å². The Kier molecular flexibility index (Phi) is 4.52. The second-order valence-electron chi connectivity index (χ2n) is 4.50. The minimum absolute atomic E-state index is 0.105. The number of aromatic nitrogens is 1. The van der Waals surface area contributed by atoms with Crippen LogP contribution in [0.5, 0.6) is 0 Å². The van der Waals surface area contributed by atoms with Crippen LogP contribution >= 0.6 is 0 Å². The predicted octanol–water partition coefficient (Wildman–Crippen LogP) is 0.835. The zero-order chi connectivity index (χ0) is 12.8. The van der Waals surface area contributed by atoms with Crippen molar-refractivity contribution in [2.75, 3.05) is 31.5 Å². The zero-order valence-corrected chi connectivity index (χ0v) is 10.8.